The monoisotopic (exact) mass is 152 g/mol. The van der Waals surface area contributed by atoms with Gasteiger partial charge in [0.15, 0.2) is 0 Å². The van der Waals surface area contributed by atoms with E-state index >= 15 is 0 Å². The van der Waals surface area contributed by atoms with Gasteiger partial charge in [-0.25, -0.2) is 0 Å². The van der Waals surface area contributed by atoms with Gasteiger partial charge < -0.3 is 4.90 Å². The Kier molecular flexibility index (Phi) is 2.16. The van der Waals surface area contributed by atoms with E-state index < -0.39 is 6.04 Å². The molecule has 0 fully saturated rings. The molecule has 0 bridgehead atoms. The summed E-state index contributed by atoms with van der Waals surface area (Å²) in [6, 6.07) is 0.844. The molecule has 11 heavy (non-hydrogen) atoms. The average Bonchev–Trinajstić information content (AvgIpc) is 2.40. The van der Waals surface area contributed by atoms with Gasteiger partial charge in [0.2, 0.25) is 6.04 Å². The van der Waals surface area contributed by atoms with Crippen molar-refractivity contribution in [2.75, 3.05) is 20.1 Å². The zero-order valence-corrected chi connectivity index (χ0v) is 6.19. The number of nitrogens with zero attached hydrogens (tertiary/aromatic N) is 4. The van der Waals surface area contributed by atoms with Crippen LogP contribution in [0.5, 0.6) is 0 Å². The Morgan fingerprint density at radius 3 is 3.00 bits per heavy atom. The van der Waals surface area contributed by atoms with Crippen molar-refractivity contribution in [1.29, 1.82) is 5.26 Å². The molecular formula is C6H8N4O. The first kappa shape index (κ1) is 7.66. The van der Waals surface area contributed by atoms with E-state index in [9.17, 15) is 4.91 Å². The summed E-state index contributed by atoms with van der Waals surface area (Å²) in [5, 5.41) is 11.1. The molecule has 0 aromatic carbocycles. The molecular weight excluding hydrogens is 144 g/mol. The zero-order chi connectivity index (χ0) is 8.27. The highest BCUT2D eigenvalue weighted by molar-refractivity contribution is 5.91. The van der Waals surface area contributed by atoms with E-state index in [0.29, 0.717) is 12.4 Å². The summed E-state index contributed by atoms with van der Waals surface area (Å²) in [6.45, 7) is 1.42. The highest BCUT2D eigenvalue weighted by atomic mass is 16.3. The molecule has 0 radical (unpaired) electrons. The number of hydrogen-bond donors (Lipinski definition) is 0. The van der Waals surface area contributed by atoms with Gasteiger partial charge in [-0.1, -0.05) is 0 Å². The first-order valence-corrected chi connectivity index (χ1v) is 3.27. The molecule has 1 aliphatic heterocycles. The number of amidine groups is 1. The number of aliphatic imine (C=N–C) groups is 1. The van der Waals surface area contributed by atoms with Gasteiger partial charge in [-0.15, -0.1) is 4.91 Å². The minimum Gasteiger partial charge on any atom is -0.359 e. The summed E-state index contributed by atoms with van der Waals surface area (Å²) in [5.41, 5.74) is 0. The van der Waals surface area contributed by atoms with Gasteiger partial charge >= 0.3 is 0 Å². The van der Waals surface area contributed by atoms with Crippen molar-refractivity contribution in [3.05, 3.63) is 4.91 Å². The van der Waals surface area contributed by atoms with Crippen LogP contribution in [0, 0.1) is 16.2 Å². The molecule has 0 spiro atoms. The normalized spacial score (nSPS) is 18.9. The van der Waals surface area contributed by atoms with Gasteiger partial charge in [-0.3, -0.25) is 4.99 Å². The second kappa shape index (κ2) is 3.10. The Hall–Kier alpha value is -1.44. The minimum absolute atomic E-state index is 0.488. The highest BCUT2D eigenvalue weighted by Crippen LogP contribution is 2.04. The second-order valence-electron chi connectivity index (χ2n) is 2.30. The SMILES string of the molecule is CN1CCN=C1C(C#N)N=O. The van der Waals surface area contributed by atoms with E-state index in [1.54, 1.807) is 18.0 Å². The van der Waals surface area contributed by atoms with Crippen molar-refractivity contribution in [3.63, 3.8) is 0 Å². The summed E-state index contributed by atoms with van der Waals surface area (Å²) in [5.74, 6) is 0.488. The van der Waals surface area contributed by atoms with Crippen LogP contribution >= 0.6 is 0 Å². The van der Waals surface area contributed by atoms with Crippen molar-refractivity contribution in [2.45, 2.75) is 6.04 Å². The Morgan fingerprint density at radius 2 is 2.64 bits per heavy atom. The molecule has 1 atom stereocenters. The Labute approximate surface area is 64.3 Å². The first-order valence-electron chi connectivity index (χ1n) is 3.27. The van der Waals surface area contributed by atoms with Crippen LogP contribution in [0.15, 0.2) is 10.2 Å². The molecule has 0 aromatic rings. The van der Waals surface area contributed by atoms with Crippen molar-refractivity contribution in [2.24, 2.45) is 10.2 Å². The lowest BCUT2D eigenvalue weighted by molar-refractivity contribution is 0.543. The lowest BCUT2D eigenvalue weighted by Crippen LogP contribution is -2.31. The van der Waals surface area contributed by atoms with E-state index in [1.807, 2.05) is 0 Å². The standard InChI is InChI=1S/C6H8N4O/c1-10-3-2-8-6(10)5(4-7)9-11/h5H,2-3H2,1H3. The Balaban J connectivity index is 2.73. The lowest BCUT2D eigenvalue weighted by atomic mass is 10.3. The van der Waals surface area contributed by atoms with Gasteiger partial charge in [-0.2, -0.15) is 5.26 Å². The molecule has 0 amide bonds. The maximum absolute atomic E-state index is 10.1. The molecule has 1 unspecified atom stereocenters. The quantitative estimate of drug-likeness (QED) is 0.522. The fourth-order valence-corrected chi connectivity index (χ4v) is 0.973. The largest absolute Gasteiger partial charge is 0.359 e. The summed E-state index contributed by atoms with van der Waals surface area (Å²) in [7, 11) is 1.79. The van der Waals surface area contributed by atoms with Crippen molar-refractivity contribution >= 4 is 5.84 Å². The summed E-state index contributed by atoms with van der Waals surface area (Å²) in [4.78, 5) is 15.8. The molecule has 1 heterocycles. The number of rotatable bonds is 2. The van der Waals surface area contributed by atoms with Crippen LogP contribution in [-0.4, -0.2) is 36.9 Å². The third kappa shape index (κ3) is 1.34. The van der Waals surface area contributed by atoms with Crippen LogP contribution in [0.3, 0.4) is 0 Å². The zero-order valence-electron chi connectivity index (χ0n) is 6.19. The maximum Gasteiger partial charge on any atom is 0.234 e. The van der Waals surface area contributed by atoms with Crippen LogP contribution in [0.2, 0.25) is 0 Å². The molecule has 5 heteroatoms. The average molecular weight is 152 g/mol. The van der Waals surface area contributed by atoms with E-state index in [0.717, 1.165) is 6.54 Å². The molecule has 0 saturated heterocycles. The molecule has 1 rings (SSSR count). The molecule has 0 saturated carbocycles. The smallest absolute Gasteiger partial charge is 0.234 e. The molecule has 58 valence electrons. The molecule has 5 nitrogen and oxygen atoms in total. The number of likely N-dealkylation sites (N-methyl/N-ethyl adjacent to an activating group) is 1. The number of nitroso groups, excluding NO2 is 1. The predicted octanol–water partition coefficient (Wildman–Crippen LogP) is -0.0111. The van der Waals surface area contributed by atoms with Crippen molar-refractivity contribution in [3.8, 4) is 6.07 Å². The van der Waals surface area contributed by atoms with Gasteiger partial charge in [0.05, 0.1) is 6.54 Å². The third-order valence-corrected chi connectivity index (χ3v) is 1.57. The van der Waals surface area contributed by atoms with Crippen LogP contribution < -0.4 is 0 Å². The Bertz CT molecular complexity index is 229. The van der Waals surface area contributed by atoms with E-state index in [-0.39, 0.29) is 0 Å². The van der Waals surface area contributed by atoms with Gasteiger partial charge in [0.25, 0.3) is 0 Å². The third-order valence-electron chi connectivity index (χ3n) is 1.57. The van der Waals surface area contributed by atoms with Crippen LogP contribution in [0.4, 0.5) is 0 Å². The lowest BCUT2D eigenvalue weighted by Gasteiger charge is -2.12. The van der Waals surface area contributed by atoms with Crippen LogP contribution in [0.1, 0.15) is 0 Å². The van der Waals surface area contributed by atoms with Crippen molar-refractivity contribution in [1.82, 2.24) is 4.90 Å². The fraction of sp³-hybridized carbons (Fsp3) is 0.667. The fourth-order valence-electron chi connectivity index (χ4n) is 0.973. The van der Waals surface area contributed by atoms with E-state index in [1.165, 1.54) is 0 Å². The summed E-state index contributed by atoms with van der Waals surface area (Å²) in [6.07, 6.45) is 0. The van der Waals surface area contributed by atoms with Gasteiger partial charge in [-0.05, 0) is 5.18 Å². The first-order chi connectivity index (χ1) is 5.29. The topological polar surface area (TPSA) is 68.8 Å². The van der Waals surface area contributed by atoms with Crippen LogP contribution in [-0.2, 0) is 0 Å². The molecule has 0 N–H and O–H groups in total. The van der Waals surface area contributed by atoms with Gasteiger partial charge in [0.1, 0.15) is 11.9 Å². The minimum atomic E-state index is -0.928. The number of nitriles is 1. The van der Waals surface area contributed by atoms with E-state index in [2.05, 4.69) is 10.2 Å². The highest BCUT2D eigenvalue weighted by Gasteiger charge is 2.22. The summed E-state index contributed by atoms with van der Waals surface area (Å²) < 4.78 is 0. The Morgan fingerprint density at radius 1 is 1.91 bits per heavy atom. The predicted molar refractivity (Wildman–Crippen MR) is 40.1 cm³/mol. The second-order valence-corrected chi connectivity index (χ2v) is 2.30. The van der Waals surface area contributed by atoms with Gasteiger partial charge in [0, 0.05) is 13.6 Å². The van der Waals surface area contributed by atoms with E-state index in [4.69, 9.17) is 5.26 Å². The number of hydrogen-bond acceptors (Lipinski definition) is 5. The van der Waals surface area contributed by atoms with Crippen molar-refractivity contribution < 1.29 is 0 Å². The van der Waals surface area contributed by atoms with Crippen LogP contribution in [0.25, 0.3) is 0 Å². The maximum atomic E-state index is 10.1. The summed E-state index contributed by atoms with van der Waals surface area (Å²) >= 11 is 0. The molecule has 0 aliphatic carbocycles. The molecule has 0 aromatic heterocycles. The molecule has 1 aliphatic rings.